The smallest absolute Gasteiger partial charge is 0.221 e. The van der Waals surface area contributed by atoms with Crippen molar-refractivity contribution in [2.75, 3.05) is 11.4 Å². The number of carbonyl (C=O) groups is 1. The highest BCUT2D eigenvalue weighted by Crippen LogP contribution is 2.36. The predicted octanol–water partition coefficient (Wildman–Crippen LogP) is 4.00. The van der Waals surface area contributed by atoms with Gasteiger partial charge in [-0.2, -0.15) is 0 Å². The monoisotopic (exact) mass is 378 g/mol. The van der Waals surface area contributed by atoms with Gasteiger partial charge in [-0.05, 0) is 49.3 Å². The Kier molecular flexibility index (Phi) is 4.28. The van der Waals surface area contributed by atoms with Crippen molar-refractivity contribution in [1.29, 1.82) is 0 Å². The molecule has 0 radical (unpaired) electrons. The number of rotatable bonds is 7. The molecule has 1 N–H and O–H groups in total. The third-order valence-corrected chi connectivity index (χ3v) is 5.97. The predicted molar refractivity (Wildman–Crippen MR) is 109 cm³/mol. The highest BCUT2D eigenvalue weighted by atomic mass is 32.1. The molecule has 2 saturated carbocycles. The lowest BCUT2D eigenvalue weighted by atomic mass is 10.2. The SMILES string of the molecule is O=C(CCN(c1nc(-c2cccs2)nc2ccccc12)C1CC1)NC1CC1. The first-order valence-electron chi connectivity index (χ1n) is 9.64. The van der Waals surface area contributed by atoms with Crippen LogP contribution in [0.25, 0.3) is 21.6 Å². The third kappa shape index (κ3) is 3.67. The summed E-state index contributed by atoms with van der Waals surface area (Å²) in [5.74, 6) is 1.89. The fourth-order valence-corrected chi connectivity index (χ4v) is 4.05. The summed E-state index contributed by atoms with van der Waals surface area (Å²) in [6, 6.07) is 13.2. The summed E-state index contributed by atoms with van der Waals surface area (Å²) in [6.07, 6.45) is 5.09. The number of amides is 1. The van der Waals surface area contributed by atoms with E-state index in [2.05, 4.69) is 27.7 Å². The first-order chi connectivity index (χ1) is 13.3. The van der Waals surface area contributed by atoms with E-state index >= 15 is 0 Å². The van der Waals surface area contributed by atoms with Crippen molar-refractivity contribution in [1.82, 2.24) is 15.3 Å². The summed E-state index contributed by atoms with van der Waals surface area (Å²) < 4.78 is 0. The van der Waals surface area contributed by atoms with Gasteiger partial charge in [-0.15, -0.1) is 11.3 Å². The van der Waals surface area contributed by atoms with Crippen molar-refractivity contribution in [2.45, 2.75) is 44.2 Å². The van der Waals surface area contributed by atoms with Crippen molar-refractivity contribution in [2.24, 2.45) is 0 Å². The van der Waals surface area contributed by atoms with Gasteiger partial charge in [-0.1, -0.05) is 18.2 Å². The Bertz CT molecular complexity index is 963. The van der Waals surface area contributed by atoms with E-state index in [0.717, 1.165) is 53.1 Å². The Labute approximate surface area is 162 Å². The number of aromatic nitrogens is 2. The van der Waals surface area contributed by atoms with E-state index in [1.807, 2.05) is 24.3 Å². The number of carbonyl (C=O) groups excluding carboxylic acids is 1. The minimum Gasteiger partial charge on any atom is -0.353 e. The average molecular weight is 379 g/mol. The molecule has 138 valence electrons. The Balaban J connectivity index is 1.49. The molecule has 0 saturated heterocycles. The molecule has 2 fully saturated rings. The molecule has 2 heterocycles. The highest BCUT2D eigenvalue weighted by molar-refractivity contribution is 7.13. The van der Waals surface area contributed by atoms with Crippen LogP contribution in [0.15, 0.2) is 41.8 Å². The van der Waals surface area contributed by atoms with E-state index in [-0.39, 0.29) is 5.91 Å². The Morgan fingerprint density at radius 2 is 1.96 bits per heavy atom. The first kappa shape index (κ1) is 16.7. The zero-order valence-corrected chi connectivity index (χ0v) is 15.9. The second kappa shape index (κ2) is 6.93. The summed E-state index contributed by atoms with van der Waals surface area (Å²) in [6.45, 7) is 0.702. The normalized spacial score (nSPS) is 16.4. The number of benzene rings is 1. The Morgan fingerprint density at radius 1 is 1.11 bits per heavy atom. The molecule has 5 nitrogen and oxygen atoms in total. The molecule has 0 atom stereocenters. The summed E-state index contributed by atoms with van der Waals surface area (Å²) >= 11 is 1.65. The van der Waals surface area contributed by atoms with Crippen LogP contribution in [0.2, 0.25) is 0 Å². The summed E-state index contributed by atoms with van der Waals surface area (Å²) in [5, 5.41) is 6.21. The second-order valence-corrected chi connectivity index (χ2v) is 8.33. The molecule has 0 bridgehead atoms. The van der Waals surface area contributed by atoms with Gasteiger partial charge >= 0.3 is 0 Å². The molecule has 2 aliphatic rings. The van der Waals surface area contributed by atoms with Gasteiger partial charge in [0.05, 0.1) is 10.4 Å². The molecule has 1 aromatic carbocycles. The fourth-order valence-electron chi connectivity index (χ4n) is 3.39. The topological polar surface area (TPSA) is 58.1 Å². The number of para-hydroxylation sites is 1. The zero-order chi connectivity index (χ0) is 18.2. The van der Waals surface area contributed by atoms with E-state index in [9.17, 15) is 4.79 Å². The lowest BCUT2D eigenvalue weighted by molar-refractivity contribution is -0.121. The second-order valence-electron chi connectivity index (χ2n) is 7.38. The average Bonchev–Trinajstić information content (AvgIpc) is 3.62. The van der Waals surface area contributed by atoms with Gasteiger partial charge in [0.25, 0.3) is 0 Å². The number of nitrogens with zero attached hydrogens (tertiary/aromatic N) is 3. The molecule has 1 amide bonds. The molecule has 2 aliphatic carbocycles. The number of anilines is 1. The summed E-state index contributed by atoms with van der Waals surface area (Å²) in [5.41, 5.74) is 0.957. The number of hydrogen-bond acceptors (Lipinski definition) is 5. The van der Waals surface area contributed by atoms with E-state index in [1.165, 1.54) is 0 Å². The molecular weight excluding hydrogens is 356 g/mol. The van der Waals surface area contributed by atoms with Crippen LogP contribution in [0, 0.1) is 0 Å². The maximum absolute atomic E-state index is 12.2. The lowest BCUT2D eigenvalue weighted by Crippen LogP contribution is -2.33. The van der Waals surface area contributed by atoms with Crippen molar-refractivity contribution < 1.29 is 4.79 Å². The van der Waals surface area contributed by atoms with Crippen LogP contribution in [0.4, 0.5) is 5.82 Å². The van der Waals surface area contributed by atoms with E-state index in [4.69, 9.17) is 9.97 Å². The largest absolute Gasteiger partial charge is 0.353 e. The van der Waals surface area contributed by atoms with E-state index in [1.54, 1.807) is 11.3 Å². The molecular formula is C21H22N4OS. The molecule has 0 aliphatic heterocycles. The summed E-state index contributed by atoms with van der Waals surface area (Å²) in [4.78, 5) is 25.3. The summed E-state index contributed by atoms with van der Waals surface area (Å²) in [7, 11) is 0. The molecule has 27 heavy (non-hydrogen) atoms. The van der Waals surface area contributed by atoms with Gasteiger partial charge in [0, 0.05) is 30.4 Å². The van der Waals surface area contributed by atoms with Gasteiger partial charge < -0.3 is 10.2 Å². The van der Waals surface area contributed by atoms with Crippen molar-refractivity contribution in [3.05, 3.63) is 41.8 Å². The van der Waals surface area contributed by atoms with Gasteiger partial charge in [0.2, 0.25) is 5.91 Å². The van der Waals surface area contributed by atoms with E-state index in [0.29, 0.717) is 25.0 Å². The van der Waals surface area contributed by atoms with Crippen LogP contribution in [-0.4, -0.2) is 34.5 Å². The standard InChI is InChI=1S/C21H22N4OS/c26-19(22-14-7-8-14)11-12-25(15-9-10-15)21-16-4-1-2-5-17(16)23-20(24-21)18-6-3-13-27-18/h1-6,13-15H,7-12H2,(H,22,26). The van der Waals surface area contributed by atoms with Gasteiger partial charge in [-0.25, -0.2) is 9.97 Å². The van der Waals surface area contributed by atoms with Crippen LogP contribution in [0.3, 0.4) is 0 Å². The van der Waals surface area contributed by atoms with E-state index < -0.39 is 0 Å². The maximum Gasteiger partial charge on any atom is 0.221 e. The van der Waals surface area contributed by atoms with Crippen molar-refractivity contribution in [3.63, 3.8) is 0 Å². The quantitative estimate of drug-likeness (QED) is 0.675. The minimum atomic E-state index is 0.153. The number of nitrogens with one attached hydrogen (secondary N) is 1. The zero-order valence-electron chi connectivity index (χ0n) is 15.1. The van der Waals surface area contributed by atoms with Crippen molar-refractivity contribution in [3.8, 4) is 10.7 Å². The lowest BCUT2D eigenvalue weighted by Gasteiger charge is -2.25. The number of hydrogen-bond donors (Lipinski definition) is 1. The molecule has 5 rings (SSSR count). The van der Waals surface area contributed by atoms with Crippen LogP contribution in [0.5, 0.6) is 0 Å². The highest BCUT2D eigenvalue weighted by Gasteiger charge is 2.32. The van der Waals surface area contributed by atoms with Gasteiger partial charge in [0.15, 0.2) is 5.82 Å². The minimum absolute atomic E-state index is 0.153. The molecule has 6 heteroatoms. The number of thiophene rings is 1. The van der Waals surface area contributed by atoms with Crippen LogP contribution in [0.1, 0.15) is 32.1 Å². The molecule has 0 spiro atoms. The third-order valence-electron chi connectivity index (χ3n) is 5.11. The van der Waals surface area contributed by atoms with Crippen LogP contribution in [-0.2, 0) is 4.79 Å². The fraction of sp³-hybridized carbons (Fsp3) is 0.381. The maximum atomic E-state index is 12.2. The first-order valence-corrected chi connectivity index (χ1v) is 10.5. The molecule has 3 aromatic rings. The van der Waals surface area contributed by atoms with Crippen molar-refractivity contribution >= 4 is 34.0 Å². The van der Waals surface area contributed by atoms with Crippen LogP contribution >= 0.6 is 11.3 Å². The molecule has 2 aromatic heterocycles. The molecule has 0 unspecified atom stereocenters. The Morgan fingerprint density at radius 3 is 2.70 bits per heavy atom. The van der Waals surface area contributed by atoms with Gasteiger partial charge in [0.1, 0.15) is 5.82 Å². The van der Waals surface area contributed by atoms with Crippen LogP contribution < -0.4 is 10.2 Å². The van der Waals surface area contributed by atoms with Gasteiger partial charge in [-0.3, -0.25) is 4.79 Å². The Hall–Kier alpha value is -2.47. The number of fused-ring (bicyclic) bond motifs is 1.